The van der Waals surface area contributed by atoms with Gasteiger partial charge in [0.1, 0.15) is 11.2 Å². The maximum absolute atomic E-state index is 12.5. The van der Waals surface area contributed by atoms with E-state index in [0.29, 0.717) is 25.9 Å². The molecule has 0 spiro atoms. The van der Waals surface area contributed by atoms with Crippen molar-refractivity contribution in [3.8, 4) is 0 Å². The highest BCUT2D eigenvalue weighted by atomic mass is 16.6. The minimum absolute atomic E-state index is 0.0545. The molecule has 0 aliphatic carbocycles. The van der Waals surface area contributed by atoms with Crippen molar-refractivity contribution in [2.24, 2.45) is 0 Å². The third-order valence-electron chi connectivity index (χ3n) is 4.04. The van der Waals surface area contributed by atoms with Crippen molar-refractivity contribution in [1.29, 1.82) is 0 Å². The van der Waals surface area contributed by atoms with Crippen LogP contribution in [0.15, 0.2) is 0 Å². The first-order valence-electron chi connectivity index (χ1n) is 10.8. The molecule has 0 aromatic rings. The molecular formula is C22H40N2O8. The fraction of sp³-hybridized carbons (Fsp3) is 0.818. The molecule has 0 bridgehead atoms. The number of nitrogens with zero attached hydrogens (tertiary/aromatic N) is 2. The molecular weight excluding hydrogens is 420 g/mol. The van der Waals surface area contributed by atoms with Crippen LogP contribution < -0.4 is 0 Å². The predicted octanol–water partition coefficient (Wildman–Crippen LogP) is 3.37. The van der Waals surface area contributed by atoms with Crippen LogP contribution in [0.5, 0.6) is 0 Å². The number of unbranched alkanes of at least 4 members (excludes halogenated alkanes) is 1. The zero-order valence-electron chi connectivity index (χ0n) is 20.8. The van der Waals surface area contributed by atoms with Gasteiger partial charge < -0.3 is 28.7 Å². The number of hydrogen-bond acceptors (Lipinski definition) is 8. The number of esters is 2. The van der Waals surface area contributed by atoms with Gasteiger partial charge in [-0.05, 0) is 54.4 Å². The summed E-state index contributed by atoms with van der Waals surface area (Å²) in [6, 6.07) is 0. The lowest BCUT2D eigenvalue weighted by atomic mass is 10.2. The third kappa shape index (κ3) is 14.5. The summed E-state index contributed by atoms with van der Waals surface area (Å²) in [5.74, 6) is -0.838. The van der Waals surface area contributed by atoms with Crippen molar-refractivity contribution in [3.63, 3.8) is 0 Å². The Bertz CT molecular complexity index is 568. The SMILES string of the molecule is COC(=O)CCN(CCCCN(CCC(=O)OC)C(=O)OC(C)(C)C)C(=O)OC(C)(C)C. The highest BCUT2D eigenvalue weighted by Crippen LogP contribution is 2.13. The molecule has 0 rings (SSSR count). The van der Waals surface area contributed by atoms with Crippen LogP contribution >= 0.6 is 0 Å². The number of ether oxygens (including phenoxy) is 4. The topological polar surface area (TPSA) is 112 Å². The minimum Gasteiger partial charge on any atom is -0.469 e. The molecule has 0 N–H and O–H groups in total. The molecule has 0 aromatic heterocycles. The van der Waals surface area contributed by atoms with Crippen LogP contribution in [0.25, 0.3) is 0 Å². The van der Waals surface area contributed by atoms with Crippen molar-refractivity contribution < 1.29 is 38.1 Å². The molecule has 0 saturated heterocycles. The van der Waals surface area contributed by atoms with Gasteiger partial charge in [-0.15, -0.1) is 0 Å². The number of rotatable bonds is 11. The first-order valence-corrected chi connectivity index (χ1v) is 10.8. The van der Waals surface area contributed by atoms with Gasteiger partial charge >= 0.3 is 24.1 Å². The number of carbonyl (C=O) groups is 4. The van der Waals surface area contributed by atoms with Gasteiger partial charge in [0.05, 0.1) is 27.1 Å². The molecule has 32 heavy (non-hydrogen) atoms. The van der Waals surface area contributed by atoms with Gasteiger partial charge in [0.2, 0.25) is 0 Å². The van der Waals surface area contributed by atoms with Crippen LogP contribution in [0, 0.1) is 0 Å². The molecule has 0 aliphatic rings. The molecule has 186 valence electrons. The number of methoxy groups -OCH3 is 2. The number of carbonyl (C=O) groups excluding carboxylic acids is 4. The monoisotopic (exact) mass is 460 g/mol. The molecule has 0 radical (unpaired) electrons. The van der Waals surface area contributed by atoms with Crippen molar-refractivity contribution in [2.75, 3.05) is 40.4 Å². The molecule has 10 nitrogen and oxygen atoms in total. The Labute approximate surface area is 191 Å². The van der Waals surface area contributed by atoms with Gasteiger partial charge in [0.15, 0.2) is 0 Å². The minimum atomic E-state index is -0.665. The van der Waals surface area contributed by atoms with E-state index in [-0.39, 0.29) is 25.9 Å². The largest absolute Gasteiger partial charge is 0.469 e. The molecule has 10 heteroatoms. The highest BCUT2D eigenvalue weighted by molar-refractivity contribution is 5.72. The van der Waals surface area contributed by atoms with Gasteiger partial charge in [-0.3, -0.25) is 9.59 Å². The van der Waals surface area contributed by atoms with Crippen LogP contribution in [0.1, 0.15) is 67.2 Å². The van der Waals surface area contributed by atoms with Gasteiger partial charge in [-0.1, -0.05) is 0 Å². The molecule has 0 aromatic carbocycles. The molecule has 0 aliphatic heterocycles. The molecule has 0 saturated carbocycles. The molecule has 0 heterocycles. The highest BCUT2D eigenvalue weighted by Gasteiger charge is 2.24. The third-order valence-corrected chi connectivity index (χ3v) is 4.04. The fourth-order valence-electron chi connectivity index (χ4n) is 2.50. The summed E-state index contributed by atoms with van der Waals surface area (Å²) < 4.78 is 20.1. The molecule has 0 atom stereocenters. The first-order chi connectivity index (χ1) is 14.7. The summed E-state index contributed by atoms with van der Waals surface area (Å²) in [5.41, 5.74) is -1.33. The Hall–Kier alpha value is -2.52. The van der Waals surface area contributed by atoms with Crippen molar-refractivity contribution >= 4 is 24.1 Å². The lowest BCUT2D eigenvalue weighted by molar-refractivity contribution is -0.141. The summed E-state index contributed by atoms with van der Waals surface area (Å²) >= 11 is 0. The van der Waals surface area contributed by atoms with E-state index >= 15 is 0 Å². The Kier molecular flexibility index (Phi) is 12.7. The lowest BCUT2D eigenvalue weighted by Crippen LogP contribution is -2.40. The number of amides is 2. The summed E-state index contributed by atoms with van der Waals surface area (Å²) in [6.45, 7) is 11.6. The molecule has 0 unspecified atom stereocenters. The second-order valence-electron chi connectivity index (χ2n) is 9.29. The van der Waals surface area contributed by atoms with Gasteiger partial charge in [0, 0.05) is 26.2 Å². The zero-order valence-corrected chi connectivity index (χ0v) is 20.8. The fourth-order valence-corrected chi connectivity index (χ4v) is 2.50. The van der Waals surface area contributed by atoms with Crippen LogP contribution in [0.3, 0.4) is 0 Å². The summed E-state index contributed by atoms with van der Waals surface area (Å²) in [7, 11) is 2.58. The van der Waals surface area contributed by atoms with Gasteiger partial charge in [-0.25, -0.2) is 9.59 Å². The zero-order chi connectivity index (χ0) is 24.9. The van der Waals surface area contributed by atoms with E-state index in [2.05, 4.69) is 9.47 Å². The Balaban J connectivity index is 4.94. The van der Waals surface area contributed by atoms with Crippen LogP contribution in [-0.4, -0.2) is 85.5 Å². The predicted molar refractivity (Wildman–Crippen MR) is 118 cm³/mol. The summed E-state index contributed by atoms with van der Waals surface area (Å²) in [4.78, 5) is 50.8. The standard InChI is InChI=1S/C22H40N2O8/c1-21(2,3)31-19(27)23(15-11-17(25)29-7)13-9-10-14-24(16-12-18(26)30-8)20(28)32-22(4,5)6/h9-16H2,1-8H3. The van der Waals surface area contributed by atoms with E-state index in [1.165, 1.54) is 24.0 Å². The normalized spacial score (nSPS) is 11.4. The molecule has 2 amide bonds. The Morgan fingerprint density at radius 3 is 1.16 bits per heavy atom. The first kappa shape index (κ1) is 29.5. The van der Waals surface area contributed by atoms with Crippen molar-refractivity contribution in [3.05, 3.63) is 0 Å². The lowest BCUT2D eigenvalue weighted by Gasteiger charge is -2.28. The van der Waals surface area contributed by atoms with E-state index in [1.54, 1.807) is 41.5 Å². The van der Waals surface area contributed by atoms with Crippen molar-refractivity contribution in [1.82, 2.24) is 9.80 Å². The Morgan fingerprint density at radius 1 is 0.594 bits per heavy atom. The second kappa shape index (κ2) is 13.8. The van der Waals surface area contributed by atoms with E-state index in [4.69, 9.17) is 9.47 Å². The van der Waals surface area contributed by atoms with E-state index < -0.39 is 35.3 Å². The maximum atomic E-state index is 12.5. The van der Waals surface area contributed by atoms with Crippen molar-refractivity contribution in [2.45, 2.75) is 78.4 Å². The number of hydrogen-bond donors (Lipinski definition) is 0. The average molecular weight is 461 g/mol. The molecule has 0 fully saturated rings. The van der Waals surface area contributed by atoms with Crippen LogP contribution in [0.4, 0.5) is 9.59 Å². The van der Waals surface area contributed by atoms with E-state index in [0.717, 1.165) is 0 Å². The van der Waals surface area contributed by atoms with E-state index in [1.807, 2.05) is 0 Å². The quantitative estimate of drug-likeness (QED) is 0.262. The average Bonchev–Trinajstić information content (AvgIpc) is 2.65. The maximum Gasteiger partial charge on any atom is 0.410 e. The van der Waals surface area contributed by atoms with Crippen LogP contribution in [0.2, 0.25) is 0 Å². The van der Waals surface area contributed by atoms with Gasteiger partial charge in [0.25, 0.3) is 0 Å². The summed E-state index contributed by atoms with van der Waals surface area (Å²) in [5, 5.41) is 0. The smallest absolute Gasteiger partial charge is 0.410 e. The summed E-state index contributed by atoms with van der Waals surface area (Å²) in [6.07, 6.45) is 0.181. The van der Waals surface area contributed by atoms with Gasteiger partial charge in [-0.2, -0.15) is 0 Å². The second-order valence-corrected chi connectivity index (χ2v) is 9.29. The Morgan fingerprint density at radius 2 is 0.906 bits per heavy atom. The van der Waals surface area contributed by atoms with E-state index in [9.17, 15) is 19.2 Å². The van der Waals surface area contributed by atoms with Crippen LogP contribution in [-0.2, 0) is 28.5 Å².